The van der Waals surface area contributed by atoms with Gasteiger partial charge < -0.3 is 10.2 Å². The van der Waals surface area contributed by atoms with E-state index in [2.05, 4.69) is 9.97 Å². The molecule has 0 unspecified atom stereocenters. The number of hydrogen-bond acceptors (Lipinski definition) is 4. The Morgan fingerprint density at radius 3 is 1.50 bits per heavy atom. The van der Waals surface area contributed by atoms with Crippen LogP contribution >= 0.6 is 0 Å². The van der Waals surface area contributed by atoms with E-state index in [1.807, 2.05) is 48.5 Å². The van der Waals surface area contributed by atoms with Gasteiger partial charge in [0.25, 0.3) is 0 Å². The van der Waals surface area contributed by atoms with Gasteiger partial charge in [-0.1, -0.05) is 36.4 Å². The summed E-state index contributed by atoms with van der Waals surface area (Å²) in [6.07, 6.45) is -1.69. The monoisotopic (exact) mass is 264 g/mol. The van der Waals surface area contributed by atoms with E-state index < -0.39 is 12.2 Å². The Balaban J connectivity index is 2.03. The second kappa shape index (κ2) is 4.10. The standard InChI is InChI=1S/C16H12N2O2/c19-15-9-5-1-2-6-10(9)16(20)14-13(15)17-11-7-3-4-8-12(11)18-14/h1-8,15-16,19-20H/t15-,16+. The van der Waals surface area contributed by atoms with Crippen LogP contribution in [0, 0.1) is 0 Å². The van der Waals surface area contributed by atoms with Crippen LogP contribution in [0.2, 0.25) is 0 Å². The van der Waals surface area contributed by atoms with Crippen LogP contribution in [0.25, 0.3) is 11.0 Å². The molecule has 4 rings (SSSR count). The SMILES string of the molecule is O[C@@H]1c2ccccc2[C@H](O)c2nc3ccccc3nc21. The third kappa shape index (κ3) is 1.49. The molecule has 98 valence electrons. The van der Waals surface area contributed by atoms with Crippen LogP contribution in [-0.2, 0) is 0 Å². The van der Waals surface area contributed by atoms with Crippen molar-refractivity contribution in [1.29, 1.82) is 0 Å². The normalized spacial score (nSPS) is 20.5. The fraction of sp³-hybridized carbons (Fsp3) is 0.125. The number of benzene rings is 2. The van der Waals surface area contributed by atoms with E-state index in [1.54, 1.807) is 0 Å². The van der Waals surface area contributed by atoms with Gasteiger partial charge in [-0.15, -0.1) is 0 Å². The zero-order chi connectivity index (χ0) is 13.7. The molecule has 0 amide bonds. The number of hydrogen-bond donors (Lipinski definition) is 2. The lowest BCUT2D eigenvalue weighted by atomic mass is 9.87. The summed E-state index contributed by atoms with van der Waals surface area (Å²) in [5.41, 5.74) is 3.70. The summed E-state index contributed by atoms with van der Waals surface area (Å²) in [5.74, 6) is 0. The van der Waals surface area contributed by atoms with Crippen molar-refractivity contribution >= 4 is 11.0 Å². The fourth-order valence-corrected chi connectivity index (χ4v) is 2.73. The molecule has 4 heteroatoms. The van der Waals surface area contributed by atoms with E-state index >= 15 is 0 Å². The van der Waals surface area contributed by atoms with Crippen LogP contribution in [0.15, 0.2) is 48.5 Å². The topological polar surface area (TPSA) is 66.2 Å². The molecule has 0 spiro atoms. The van der Waals surface area contributed by atoms with Crippen molar-refractivity contribution in [2.75, 3.05) is 0 Å². The number of aliphatic hydroxyl groups excluding tert-OH is 2. The third-order valence-corrected chi connectivity index (χ3v) is 3.73. The summed E-state index contributed by atoms with van der Waals surface area (Å²) >= 11 is 0. The van der Waals surface area contributed by atoms with Crippen molar-refractivity contribution in [1.82, 2.24) is 9.97 Å². The van der Waals surface area contributed by atoms with Gasteiger partial charge in [-0.25, -0.2) is 9.97 Å². The highest BCUT2D eigenvalue weighted by Gasteiger charge is 2.32. The van der Waals surface area contributed by atoms with Crippen molar-refractivity contribution in [3.05, 3.63) is 71.0 Å². The molecule has 1 heterocycles. The van der Waals surface area contributed by atoms with Crippen molar-refractivity contribution in [3.63, 3.8) is 0 Å². The first-order valence-corrected chi connectivity index (χ1v) is 6.47. The molecule has 20 heavy (non-hydrogen) atoms. The molecule has 1 aromatic heterocycles. The van der Waals surface area contributed by atoms with E-state index in [9.17, 15) is 10.2 Å². The van der Waals surface area contributed by atoms with Gasteiger partial charge in [-0.3, -0.25) is 0 Å². The second-order valence-electron chi connectivity index (χ2n) is 4.92. The van der Waals surface area contributed by atoms with Gasteiger partial charge in [0.15, 0.2) is 0 Å². The quantitative estimate of drug-likeness (QED) is 0.652. The van der Waals surface area contributed by atoms with Gasteiger partial charge in [-0.2, -0.15) is 0 Å². The minimum absolute atomic E-state index is 0.440. The van der Waals surface area contributed by atoms with Gasteiger partial charge in [0, 0.05) is 0 Å². The smallest absolute Gasteiger partial charge is 0.123 e. The molecule has 2 atom stereocenters. The molecule has 2 aromatic carbocycles. The van der Waals surface area contributed by atoms with Crippen molar-refractivity contribution in [2.45, 2.75) is 12.2 Å². The molecule has 1 aliphatic carbocycles. The van der Waals surface area contributed by atoms with Crippen LogP contribution in [0.5, 0.6) is 0 Å². The summed E-state index contributed by atoms with van der Waals surface area (Å²) in [6, 6.07) is 14.8. The van der Waals surface area contributed by atoms with Crippen LogP contribution in [0.3, 0.4) is 0 Å². The zero-order valence-corrected chi connectivity index (χ0v) is 10.6. The van der Waals surface area contributed by atoms with Gasteiger partial charge >= 0.3 is 0 Å². The summed E-state index contributed by atoms with van der Waals surface area (Å²) in [7, 11) is 0. The van der Waals surface area contributed by atoms with Gasteiger partial charge in [-0.05, 0) is 23.3 Å². The molecule has 0 saturated carbocycles. The highest BCUT2D eigenvalue weighted by Crippen LogP contribution is 2.39. The molecular formula is C16H12N2O2. The Kier molecular flexibility index (Phi) is 2.36. The predicted octanol–water partition coefficient (Wildman–Crippen LogP) is 2.11. The first-order valence-electron chi connectivity index (χ1n) is 6.47. The van der Waals surface area contributed by atoms with Crippen molar-refractivity contribution < 1.29 is 10.2 Å². The van der Waals surface area contributed by atoms with Crippen molar-refractivity contribution in [2.24, 2.45) is 0 Å². The molecule has 1 aliphatic rings. The number of para-hydroxylation sites is 2. The zero-order valence-electron chi connectivity index (χ0n) is 10.6. The van der Waals surface area contributed by atoms with Gasteiger partial charge in [0.2, 0.25) is 0 Å². The number of fused-ring (bicyclic) bond motifs is 3. The molecule has 0 radical (unpaired) electrons. The fourth-order valence-electron chi connectivity index (χ4n) is 2.73. The minimum atomic E-state index is -0.846. The molecule has 3 aromatic rings. The Hall–Kier alpha value is -2.30. The van der Waals surface area contributed by atoms with E-state index in [-0.39, 0.29) is 0 Å². The maximum absolute atomic E-state index is 10.5. The van der Waals surface area contributed by atoms with E-state index in [0.717, 1.165) is 11.0 Å². The molecule has 4 nitrogen and oxygen atoms in total. The molecule has 0 fully saturated rings. The summed E-state index contributed by atoms with van der Waals surface area (Å²) in [6.45, 7) is 0. The average Bonchev–Trinajstić information content (AvgIpc) is 2.51. The van der Waals surface area contributed by atoms with Crippen LogP contribution in [0.1, 0.15) is 34.7 Å². The van der Waals surface area contributed by atoms with Crippen LogP contribution in [0.4, 0.5) is 0 Å². The predicted molar refractivity (Wildman–Crippen MR) is 74.1 cm³/mol. The average molecular weight is 264 g/mol. The molecule has 0 aliphatic heterocycles. The molecule has 0 saturated heterocycles. The lowest BCUT2D eigenvalue weighted by Crippen LogP contribution is -2.20. The van der Waals surface area contributed by atoms with E-state index in [4.69, 9.17) is 0 Å². The number of nitrogens with zero attached hydrogens (tertiary/aromatic N) is 2. The van der Waals surface area contributed by atoms with Crippen molar-refractivity contribution in [3.8, 4) is 0 Å². The second-order valence-corrected chi connectivity index (χ2v) is 4.92. The molecule has 2 N–H and O–H groups in total. The highest BCUT2D eigenvalue weighted by molar-refractivity contribution is 5.75. The highest BCUT2D eigenvalue weighted by atomic mass is 16.3. The third-order valence-electron chi connectivity index (χ3n) is 3.73. The van der Waals surface area contributed by atoms with Crippen LogP contribution in [-0.4, -0.2) is 20.2 Å². The van der Waals surface area contributed by atoms with Gasteiger partial charge in [0.05, 0.1) is 22.4 Å². The lowest BCUT2D eigenvalue weighted by molar-refractivity contribution is 0.166. The number of aromatic nitrogens is 2. The van der Waals surface area contributed by atoms with Crippen LogP contribution < -0.4 is 0 Å². The van der Waals surface area contributed by atoms with E-state index in [0.29, 0.717) is 22.5 Å². The van der Waals surface area contributed by atoms with E-state index in [1.165, 1.54) is 0 Å². The minimum Gasteiger partial charge on any atom is -0.382 e. The summed E-state index contributed by atoms with van der Waals surface area (Å²) < 4.78 is 0. The number of rotatable bonds is 0. The number of aliphatic hydroxyl groups is 2. The Morgan fingerprint density at radius 1 is 0.650 bits per heavy atom. The lowest BCUT2D eigenvalue weighted by Gasteiger charge is -2.27. The first kappa shape index (κ1) is 11.5. The Morgan fingerprint density at radius 2 is 1.05 bits per heavy atom. The largest absolute Gasteiger partial charge is 0.382 e. The summed E-state index contributed by atoms with van der Waals surface area (Å²) in [4.78, 5) is 8.95. The molecular weight excluding hydrogens is 252 g/mol. The molecule has 0 bridgehead atoms. The summed E-state index contributed by atoms with van der Waals surface area (Å²) in [5, 5.41) is 21.0. The van der Waals surface area contributed by atoms with Gasteiger partial charge in [0.1, 0.15) is 12.2 Å². The Labute approximate surface area is 115 Å². The maximum Gasteiger partial charge on any atom is 0.123 e. The Bertz CT molecular complexity index is 749. The first-order chi connectivity index (χ1) is 9.75. The maximum atomic E-state index is 10.5.